The first kappa shape index (κ1) is 14.4. The quantitative estimate of drug-likeness (QED) is 0.905. The number of nitrogens with zero attached hydrogens (tertiary/aromatic N) is 2. The lowest BCUT2D eigenvalue weighted by Crippen LogP contribution is -2.42. The second-order valence-corrected chi connectivity index (χ2v) is 6.86. The fourth-order valence-corrected chi connectivity index (χ4v) is 4.33. The van der Waals surface area contributed by atoms with Crippen molar-refractivity contribution in [2.45, 2.75) is 63.5 Å². The Bertz CT molecular complexity index is 403. The molecule has 5 heteroatoms. The van der Waals surface area contributed by atoms with Crippen LogP contribution in [0.25, 0.3) is 0 Å². The molecule has 1 aliphatic carbocycles. The smallest absolute Gasteiger partial charge is 0.0927 e. The van der Waals surface area contributed by atoms with Crippen LogP contribution in [0.5, 0.6) is 0 Å². The van der Waals surface area contributed by atoms with Crippen molar-refractivity contribution in [1.29, 1.82) is 0 Å². The Morgan fingerprint density at radius 3 is 3.05 bits per heavy atom. The summed E-state index contributed by atoms with van der Waals surface area (Å²) < 4.78 is 10.2. The number of hydrogen-bond acceptors (Lipinski definition) is 5. The molecule has 1 aromatic heterocycles. The van der Waals surface area contributed by atoms with Gasteiger partial charge in [0.05, 0.1) is 17.3 Å². The van der Waals surface area contributed by atoms with Gasteiger partial charge >= 0.3 is 0 Å². The van der Waals surface area contributed by atoms with E-state index in [9.17, 15) is 0 Å². The van der Waals surface area contributed by atoms with Gasteiger partial charge in [-0.3, -0.25) is 0 Å². The maximum atomic E-state index is 6.17. The number of aromatic nitrogens is 2. The summed E-state index contributed by atoms with van der Waals surface area (Å²) in [6.45, 7) is 4.17. The van der Waals surface area contributed by atoms with Gasteiger partial charge in [0.1, 0.15) is 0 Å². The van der Waals surface area contributed by atoms with E-state index in [-0.39, 0.29) is 5.60 Å². The molecule has 1 saturated carbocycles. The summed E-state index contributed by atoms with van der Waals surface area (Å²) in [6, 6.07) is 0.357. The highest BCUT2D eigenvalue weighted by Gasteiger charge is 2.42. The molecule has 4 nitrogen and oxygen atoms in total. The topological polar surface area (TPSA) is 47.0 Å². The lowest BCUT2D eigenvalue weighted by atomic mass is 9.80. The molecule has 0 radical (unpaired) electrons. The van der Waals surface area contributed by atoms with Gasteiger partial charge in [0.2, 0.25) is 0 Å². The summed E-state index contributed by atoms with van der Waals surface area (Å²) in [7, 11) is 0. The summed E-state index contributed by atoms with van der Waals surface area (Å²) in [5.74, 6) is 0.636. The maximum Gasteiger partial charge on any atom is 0.0927 e. The van der Waals surface area contributed by atoms with Gasteiger partial charge in [-0.15, -0.1) is 5.10 Å². The van der Waals surface area contributed by atoms with Gasteiger partial charge in [0, 0.05) is 12.0 Å². The zero-order valence-electron chi connectivity index (χ0n) is 12.3. The van der Waals surface area contributed by atoms with Gasteiger partial charge in [-0.2, -0.15) is 0 Å². The van der Waals surface area contributed by atoms with Crippen molar-refractivity contribution >= 4 is 11.5 Å². The summed E-state index contributed by atoms with van der Waals surface area (Å²) >= 11 is 1.46. The van der Waals surface area contributed by atoms with Crippen LogP contribution in [0.1, 0.15) is 63.6 Å². The Kier molecular flexibility index (Phi) is 4.68. The van der Waals surface area contributed by atoms with Crippen LogP contribution in [0.2, 0.25) is 0 Å². The third-order valence-corrected chi connectivity index (χ3v) is 5.35. The summed E-state index contributed by atoms with van der Waals surface area (Å²) in [4.78, 5) is 0. The van der Waals surface area contributed by atoms with E-state index < -0.39 is 0 Å². The van der Waals surface area contributed by atoms with Crippen LogP contribution in [-0.4, -0.2) is 28.3 Å². The van der Waals surface area contributed by atoms with Crippen molar-refractivity contribution < 1.29 is 4.74 Å². The molecule has 0 amide bonds. The van der Waals surface area contributed by atoms with Crippen molar-refractivity contribution in [2.24, 2.45) is 5.92 Å². The van der Waals surface area contributed by atoms with Gasteiger partial charge in [-0.05, 0) is 56.1 Å². The van der Waals surface area contributed by atoms with Crippen molar-refractivity contribution in [1.82, 2.24) is 14.9 Å². The molecule has 1 aromatic rings. The number of hydrogen-bond donors (Lipinski definition) is 1. The molecule has 1 N–H and O–H groups in total. The van der Waals surface area contributed by atoms with Gasteiger partial charge in [0.25, 0.3) is 0 Å². The fourth-order valence-electron chi connectivity index (χ4n) is 3.84. The first-order valence-corrected chi connectivity index (χ1v) is 8.81. The first-order valence-electron chi connectivity index (χ1n) is 7.97. The molecule has 20 heavy (non-hydrogen) atoms. The van der Waals surface area contributed by atoms with Gasteiger partial charge in [-0.1, -0.05) is 24.3 Å². The molecular formula is C15H25N3OS. The van der Waals surface area contributed by atoms with E-state index in [1.54, 1.807) is 0 Å². The van der Waals surface area contributed by atoms with E-state index in [2.05, 4.69) is 27.2 Å². The number of rotatable bonds is 5. The van der Waals surface area contributed by atoms with E-state index in [0.29, 0.717) is 12.0 Å². The minimum atomic E-state index is 0.179. The maximum absolute atomic E-state index is 6.17. The summed E-state index contributed by atoms with van der Waals surface area (Å²) in [5, 5.41) is 10.1. The Balaban J connectivity index is 1.72. The molecule has 112 valence electrons. The molecule has 2 unspecified atom stereocenters. The third-order valence-electron chi connectivity index (χ3n) is 4.83. The molecule has 1 spiro atoms. The minimum Gasteiger partial charge on any atom is -0.375 e. The van der Waals surface area contributed by atoms with Crippen LogP contribution in [0, 0.1) is 5.92 Å². The number of nitrogens with one attached hydrogen (secondary N) is 1. The van der Waals surface area contributed by atoms with Crippen molar-refractivity contribution in [3.63, 3.8) is 0 Å². The second-order valence-electron chi connectivity index (χ2n) is 6.25. The molecular weight excluding hydrogens is 270 g/mol. The molecule has 3 rings (SSSR count). The van der Waals surface area contributed by atoms with E-state index in [4.69, 9.17) is 4.74 Å². The summed E-state index contributed by atoms with van der Waals surface area (Å²) in [5.41, 5.74) is 1.31. The predicted molar refractivity (Wildman–Crippen MR) is 80.8 cm³/mol. The van der Waals surface area contributed by atoms with E-state index >= 15 is 0 Å². The van der Waals surface area contributed by atoms with E-state index in [1.807, 2.05) is 0 Å². The number of ether oxygens (including phenoxy) is 1. The normalized spacial score (nSPS) is 26.9. The SMILES string of the molecule is CCCNC(c1csnn1)C1CCOC2(CCCC2)C1. The van der Waals surface area contributed by atoms with Crippen LogP contribution in [-0.2, 0) is 4.74 Å². The van der Waals surface area contributed by atoms with Crippen molar-refractivity contribution in [3.8, 4) is 0 Å². The van der Waals surface area contributed by atoms with Crippen LogP contribution >= 0.6 is 11.5 Å². The van der Waals surface area contributed by atoms with Crippen LogP contribution in [0.15, 0.2) is 5.38 Å². The fraction of sp³-hybridized carbons (Fsp3) is 0.867. The van der Waals surface area contributed by atoms with Crippen LogP contribution in [0.4, 0.5) is 0 Å². The molecule has 2 fully saturated rings. The molecule has 2 heterocycles. The zero-order valence-corrected chi connectivity index (χ0v) is 13.1. The molecule has 2 aliphatic rings. The van der Waals surface area contributed by atoms with Gasteiger partial charge in [-0.25, -0.2) is 0 Å². The minimum absolute atomic E-state index is 0.179. The van der Waals surface area contributed by atoms with Gasteiger partial charge < -0.3 is 10.1 Å². The molecule has 0 bridgehead atoms. The molecule has 2 atom stereocenters. The Morgan fingerprint density at radius 2 is 2.35 bits per heavy atom. The first-order chi connectivity index (χ1) is 9.83. The van der Waals surface area contributed by atoms with E-state index in [1.165, 1.54) is 43.6 Å². The highest BCUT2D eigenvalue weighted by Crippen LogP contribution is 2.45. The standard InChI is InChI=1S/C15H25N3OS/c1-2-8-16-14(13-11-20-18-17-13)12-5-9-19-15(10-12)6-3-4-7-15/h11-12,14,16H,2-10H2,1H3. The highest BCUT2D eigenvalue weighted by molar-refractivity contribution is 7.03. The Hall–Kier alpha value is -0.520. The largest absolute Gasteiger partial charge is 0.375 e. The molecule has 0 aromatic carbocycles. The Morgan fingerprint density at radius 1 is 1.50 bits per heavy atom. The van der Waals surface area contributed by atoms with Crippen LogP contribution in [0.3, 0.4) is 0 Å². The van der Waals surface area contributed by atoms with Gasteiger partial charge in [0.15, 0.2) is 0 Å². The monoisotopic (exact) mass is 295 g/mol. The van der Waals surface area contributed by atoms with Crippen molar-refractivity contribution in [3.05, 3.63) is 11.1 Å². The molecule has 1 saturated heterocycles. The third kappa shape index (κ3) is 3.05. The average Bonchev–Trinajstić information content (AvgIpc) is 3.12. The predicted octanol–water partition coefficient (Wildman–Crippen LogP) is 3.32. The highest BCUT2D eigenvalue weighted by atomic mass is 32.1. The Labute approximate surface area is 125 Å². The zero-order chi connectivity index (χ0) is 13.8. The second kappa shape index (κ2) is 6.50. The van der Waals surface area contributed by atoms with Crippen LogP contribution < -0.4 is 5.32 Å². The molecule has 1 aliphatic heterocycles. The van der Waals surface area contributed by atoms with E-state index in [0.717, 1.165) is 31.7 Å². The summed E-state index contributed by atoms with van der Waals surface area (Å²) in [6.07, 6.45) is 8.64. The average molecular weight is 295 g/mol. The lowest BCUT2D eigenvalue weighted by Gasteiger charge is -2.41. The lowest BCUT2D eigenvalue weighted by molar-refractivity contribution is -0.0984. The van der Waals surface area contributed by atoms with Crippen molar-refractivity contribution in [2.75, 3.05) is 13.2 Å².